The van der Waals surface area contributed by atoms with Gasteiger partial charge in [-0.05, 0) is 41.0 Å². The zero-order valence-corrected chi connectivity index (χ0v) is 15.0. The van der Waals surface area contributed by atoms with E-state index in [9.17, 15) is 9.59 Å². The Morgan fingerprint density at radius 2 is 1.92 bits per heavy atom. The first-order valence-electron chi connectivity index (χ1n) is 7.32. The van der Waals surface area contributed by atoms with Gasteiger partial charge in [-0.15, -0.1) is 0 Å². The fourth-order valence-corrected chi connectivity index (χ4v) is 2.78. The first-order chi connectivity index (χ1) is 11.4. The summed E-state index contributed by atoms with van der Waals surface area (Å²) in [6.07, 6.45) is -0.0635. The highest BCUT2D eigenvalue weighted by Gasteiger charge is 2.13. The van der Waals surface area contributed by atoms with Gasteiger partial charge in [0.1, 0.15) is 5.75 Å². The standard InChI is InChI=1S/C18H18BrNO4/c1-11(21)20-10-13-4-5-14(19)9-15(13)16-7-12(8-18(22)23)3-6-17(16)24-2/h3-7,9H,8,10H2,1-2H3,(H,20,21)(H,22,23). The molecule has 0 atom stereocenters. The predicted molar refractivity (Wildman–Crippen MR) is 95.0 cm³/mol. The van der Waals surface area contributed by atoms with Gasteiger partial charge in [-0.25, -0.2) is 0 Å². The smallest absolute Gasteiger partial charge is 0.307 e. The van der Waals surface area contributed by atoms with Crippen molar-refractivity contribution in [3.05, 3.63) is 52.0 Å². The molecule has 6 heteroatoms. The van der Waals surface area contributed by atoms with Crippen molar-refractivity contribution in [1.82, 2.24) is 5.32 Å². The maximum Gasteiger partial charge on any atom is 0.307 e. The molecule has 2 N–H and O–H groups in total. The summed E-state index contributed by atoms with van der Waals surface area (Å²) in [7, 11) is 1.57. The Balaban J connectivity index is 2.54. The van der Waals surface area contributed by atoms with Crippen LogP contribution in [0.4, 0.5) is 0 Å². The first-order valence-corrected chi connectivity index (χ1v) is 8.12. The molecule has 24 heavy (non-hydrogen) atoms. The number of carbonyl (C=O) groups is 2. The Morgan fingerprint density at radius 3 is 2.54 bits per heavy atom. The molecule has 0 spiro atoms. The van der Waals surface area contributed by atoms with Gasteiger partial charge in [0.15, 0.2) is 0 Å². The Labute approximate surface area is 148 Å². The molecule has 126 valence electrons. The second kappa shape index (κ2) is 7.97. The third kappa shape index (κ3) is 4.58. The Hall–Kier alpha value is -2.34. The molecule has 0 aliphatic rings. The second-order valence-electron chi connectivity index (χ2n) is 5.32. The summed E-state index contributed by atoms with van der Waals surface area (Å²) in [4.78, 5) is 22.2. The van der Waals surface area contributed by atoms with E-state index in [1.165, 1.54) is 6.92 Å². The summed E-state index contributed by atoms with van der Waals surface area (Å²) in [5, 5.41) is 11.8. The summed E-state index contributed by atoms with van der Waals surface area (Å²) < 4.78 is 6.31. The lowest BCUT2D eigenvalue weighted by atomic mass is 9.96. The van der Waals surface area contributed by atoms with E-state index >= 15 is 0 Å². The van der Waals surface area contributed by atoms with E-state index < -0.39 is 5.97 Å². The van der Waals surface area contributed by atoms with Gasteiger partial charge in [-0.3, -0.25) is 9.59 Å². The highest BCUT2D eigenvalue weighted by Crippen LogP contribution is 2.35. The zero-order chi connectivity index (χ0) is 17.7. The molecule has 0 bridgehead atoms. The third-order valence-electron chi connectivity index (χ3n) is 3.51. The minimum absolute atomic E-state index is 0.0635. The maximum absolute atomic E-state index is 11.2. The third-order valence-corrected chi connectivity index (χ3v) is 4.00. The number of hydrogen-bond acceptors (Lipinski definition) is 3. The molecule has 0 aliphatic carbocycles. The van der Waals surface area contributed by atoms with Crippen molar-refractivity contribution in [3.63, 3.8) is 0 Å². The van der Waals surface area contributed by atoms with Gasteiger partial charge in [-0.2, -0.15) is 0 Å². The minimum Gasteiger partial charge on any atom is -0.496 e. The number of carbonyl (C=O) groups excluding carboxylic acids is 1. The summed E-state index contributed by atoms with van der Waals surface area (Å²) in [5.41, 5.74) is 3.27. The Kier molecular flexibility index (Phi) is 5.98. The molecule has 2 aromatic carbocycles. The number of rotatable bonds is 6. The van der Waals surface area contributed by atoms with E-state index in [0.717, 1.165) is 21.2 Å². The van der Waals surface area contributed by atoms with Gasteiger partial charge in [-0.1, -0.05) is 28.1 Å². The average molecular weight is 392 g/mol. The zero-order valence-electron chi connectivity index (χ0n) is 13.4. The molecule has 0 aromatic heterocycles. The van der Waals surface area contributed by atoms with Crippen molar-refractivity contribution in [1.29, 1.82) is 0 Å². The lowest BCUT2D eigenvalue weighted by Crippen LogP contribution is -2.19. The van der Waals surface area contributed by atoms with E-state index in [1.54, 1.807) is 19.2 Å². The molecule has 2 aromatic rings. The first kappa shape index (κ1) is 18.0. The number of nitrogens with one attached hydrogen (secondary N) is 1. The molecule has 0 radical (unpaired) electrons. The number of carboxylic acids is 1. The summed E-state index contributed by atoms with van der Waals surface area (Å²) >= 11 is 3.46. The molecule has 0 saturated carbocycles. The largest absolute Gasteiger partial charge is 0.496 e. The van der Waals surface area contributed by atoms with Crippen LogP contribution in [-0.4, -0.2) is 24.1 Å². The lowest BCUT2D eigenvalue weighted by Gasteiger charge is -2.15. The van der Waals surface area contributed by atoms with Crippen LogP contribution < -0.4 is 10.1 Å². The molecular formula is C18H18BrNO4. The van der Waals surface area contributed by atoms with Crippen molar-refractivity contribution >= 4 is 27.8 Å². The van der Waals surface area contributed by atoms with Gasteiger partial charge in [0.2, 0.25) is 5.91 Å². The normalized spacial score (nSPS) is 10.3. The Bertz CT molecular complexity index is 774. The SMILES string of the molecule is COc1ccc(CC(=O)O)cc1-c1cc(Br)ccc1CNC(C)=O. The van der Waals surface area contributed by atoms with E-state index in [0.29, 0.717) is 17.9 Å². The number of carboxylic acid groups (broad SMARTS) is 1. The van der Waals surface area contributed by atoms with Gasteiger partial charge in [0, 0.05) is 23.5 Å². The van der Waals surface area contributed by atoms with Crippen LogP contribution in [0.15, 0.2) is 40.9 Å². The van der Waals surface area contributed by atoms with Crippen LogP contribution in [0.1, 0.15) is 18.1 Å². The lowest BCUT2D eigenvalue weighted by molar-refractivity contribution is -0.136. The number of ether oxygens (including phenoxy) is 1. The summed E-state index contributed by atoms with van der Waals surface area (Å²) in [6, 6.07) is 11.1. The van der Waals surface area contributed by atoms with Crippen LogP contribution in [0, 0.1) is 0 Å². The Morgan fingerprint density at radius 1 is 1.17 bits per heavy atom. The second-order valence-corrected chi connectivity index (χ2v) is 6.23. The topological polar surface area (TPSA) is 75.6 Å². The quantitative estimate of drug-likeness (QED) is 0.791. The van der Waals surface area contributed by atoms with Gasteiger partial charge < -0.3 is 15.2 Å². The van der Waals surface area contributed by atoms with Crippen molar-refractivity contribution in [3.8, 4) is 16.9 Å². The molecule has 0 heterocycles. The fourth-order valence-electron chi connectivity index (χ4n) is 2.42. The number of hydrogen-bond donors (Lipinski definition) is 2. The van der Waals surface area contributed by atoms with Crippen LogP contribution in [0.2, 0.25) is 0 Å². The highest BCUT2D eigenvalue weighted by molar-refractivity contribution is 9.10. The van der Waals surface area contributed by atoms with Crippen LogP contribution >= 0.6 is 15.9 Å². The molecular weight excluding hydrogens is 374 g/mol. The number of methoxy groups -OCH3 is 1. The molecule has 0 fully saturated rings. The molecule has 0 aliphatic heterocycles. The van der Waals surface area contributed by atoms with Gasteiger partial charge in [0.05, 0.1) is 13.5 Å². The number of aliphatic carboxylic acids is 1. The van der Waals surface area contributed by atoms with Crippen molar-refractivity contribution in [2.24, 2.45) is 0 Å². The van der Waals surface area contributed by atoms with Crippen molar-refractivity contribution in [2.75, 3.05) is 7.11 Å². The molecule has 2 rings (SSSR count). The maximum atomic E-state index is 11.2. The molecule has 0 unspecified atom stereocenters. The van der Waals surface area contributed by atoms with E-state index in [2.05, 4.69) is 21.2 Å². The van der Waals surface area contributed by atoms with Gasteiger partial charge in [0.25, 0.3) is 0 Å². The summed E-state index contributed by atoms with van der Waals surface area (Å²) in [5.74, 6) is -0.361. The number of halogens is 1. The number of amides is 1. The minimum atomic E-state index is -0.890. The monoisotopic (exact) mass is 391 g/mol. The highest BCUT2D eigenvalue weighted by atomic mass is 79.9. The summed E-state index contributed by atoms with van der Waals surface area (Å²) in [6.45, 7) is 1.84. The van der Waals surface area contributed by atoms with Crippen molar-refractivity contribution in [2.45, 2.75) is 19.9 Å². The van der Waals surface area contributed by atoms with E-state index in [1.807, 2.05) is 24.3 Å². The van der Waals surface area contributed by atoms with E-state index in [4.69, 9.17) is 9.84 Å². The van der Waals surface area contributed by atoms with Crippen LogP contribution in [0.25, 0.3) is 11.1 Å². The van der Waals surface area contributed by atoms with Gasteiger partial charge >= 0.3 is 5.97 Å². The molecule has 0 saturated heterocycles. The number of benzene rings is 2. The van der Waals surface area contributed by atoms with Crippen molar-refractivity contribution < 1.29 is 19.4 Å². The predicted octanol–water partition coefficient (Wildman–Crippen LogP) is 3.39. The average Bonchev–Trinajstić information content (AvgIpc) is 2.53. The van der Waals surface area contributed by atoms with Crippen LogP contribution in [0.3, 0.4) is 0 Å². The fraction of sp³-hybridized carbons (Fsp3) is 0.222. The van der Waals surface area contributed by atoms with Crippen LogP contribution in [0.5, 0.6) is 5.75 Å². The molecule has 1 amide bonds. The van der Waals surface area contributed by atoms with Crippen LogP contribution in [-0.2, 0) is 22.6 Å². The van der Waals surface area contributed by atoms with E-state index in [-0.39, 0.29) is 12.3 Å². The molecule has 5 nitrogen and oxygen atoms in total.